The highest BCUT2D eigenvalue weighted by Gasteiger charge is 2.09. The molecular weight excluding hydrogens is 260 g/mol. The summed E-state index contributed by atoms with van der Waals surface area (Å²) in [4.78, 5) is 17.2. The van der Waals surface area contributed by atoms with Crippen LogP contribution in [0.25, 0.3) is 0 Å². The van der Waals surface area contributed by atoms with Gasteiger partial charge in [-0.25, -0.2) is 4.98 Å². The van der Waals surface area contributed by atoms with Gasteiger partial charge in [0.2, 0.25) is 0 Å². The predicted molar refractivity (Wildman–Crippen MR) is 77.0 cm³/mol. The monoisotopic (exact) mass is 276 g/mol. The Morgan fingerprint density at radius 1 is 1.47 bits per heavy atom. The average Bonchev–Trinajstić information content (AvgIpc) is 2.82. The number of rotatable bonds is 5. The fourth-order valence-electron chi connectivity index (χ4n) is 1.53. The number of ether oxygens (including phenoxy) is 1. The van der Waals surface area contributed by atoms with Crippen molar-refractivity contribution in [1.29, 1.82) is 0 Å². The lowest BCUT2D eigenvalue weighted by Crippen LogP contribution is -2.11. The summed E-state index contributed by atoms with van der Waals surface area (Å²) in [6.07, 6.45) is 2.68. The van der Waals surface area contributed by atoms with Crippen molar-refractivity contribution >= 4 is 22.4 Å². The Morgan fingerprint density at radius 2 is 2.32 bits per heavy atom. The summed E-state index contributed by atoms with van der Waals surface area (Å²) in [6, 6.07) is 7.16. The first-order chi connectivity index (χ1) is 9.19. The molecule has 19 heavy (non-hydrogen) atoms. The number of anilines is 1. The molecule has 4 nitrogen and oxygen atoms in total. The van der Waals surface area contributed by atoms with Crippen LogP contribution in [0.2, 0.25) is 0 Å². The van der Waals surface area contributed by atoms with Crippen LogP contribution in [0, 0.1) is 6.92 Å². The van der Waals surface area contributed by atoms with Gasteiger partial charge in [0, 0.05) is 16.6 Å². The van der Waals surface area contributed by atoms with Gasteiger partial charge in [-0.1, -0.05) is 13.0 Å². The van der Waals surface area contributed by atoms with Crippen molar-refractivity contribution in [2.45, 2.75) is 20.3 Å². The lowest BCUT2D eigenvalue weighted by Gasteiger charge is -2.06. The van der Waals surface area contributed by atoms with Crippen molar-refractivity contribution in [1.82, 2.24) is 4.98 Å². The molecule has 0 saturated heterocycles. The van der Waals surface area contributed by atoms with Crippen LogP contribution in [0.1, 0.15) is 28.6 Å². The van der Waals surface area contributed by atoms with Crippen molar-refractivity contribution in [3.63, 3.8) is 0 Å². The number of nitrogens with one attached hydrogen (secondary N) is 1. The van der Waals surface area contributed by atoms with Gasteiger partial charge >= 0.3 is 0 Å². The minimum absolute atomic E-state index is 0.170. The van der Waals surface area contributed by atoms with Crippen molar-refractivity contribution in [3.8, 4) is 5.75 Å². The zero-order chi connectivity index (χ0) is 13.7. The van der Waals surface area contributed by atoms with Gasteiger partial charge in [-0.05, 0) is 31.5 Å². The van der Waals surface area contributed by atoms with Crippen LogP contribution in [0.15, 0.2) is 30.5 Å². The third-order valence-electron chi connectivity index (χ3n) is 2.41. The summed E-state index contributed by atoms with van der Waals surface area (Å²) in [5.41, 5.74) is 0.571. The topological polar surface area (TPSA) is 51.2 Å². The number of benzene rings is 1. The smallest absolute Gasteiger partial charge is 0.257 e. The van der Waals surface area contributed by atoms with Crippen LogP contribution in [-0.2, 0) is 0 Å². The number of aromatic nitrogens is 1. The normalized spacial score (nSPS) is 10.2. The average molecular weight is 276 g/mol. The Kier molecular flexibility index (Phi) is 4.52. The number of amides is 1. The molecule has 0 fully saturated rings. The molecule has 1 N–H and O–H groups in total. The third kappa shape index (κ3) is 3.79. The standard InChI is InChI=1S/C14H16N2O2S/c1-3-7-18-12-6-4-5-11(8-12)13(17)16-14-15-9-10(2)19-14/h4-6,8-9H,3,7H2,1-2H3,(H,15,16,17). The minimum Gasteiger partial charge on any atom is -0.494 e. The lowest BCUT2D eigenvalue weighted by molar-refractivity contribution is 0.102. The summed E-state index contributed by atoms with van der Waals surface area (Å²) in [5.74, 6) is 0.543. The molecule has 0 aliphatic heterocycles. The van der Waals surface area contributed by atoms with Gasteiger partial charge in [0.25, 0.3) is 5.91 Å². The fourth-order valence-corrected chi connectivity index (χ4v) is 2.19. The molecule has 1 aromatic carbocycles. The summed E-state index contributed by atoms with van der Waals surface area (Å²) in [6.45, 7) is 4.64. The van der Waals surface area contributed by atoms with Gasteiger partial charge in [0.15, 0.2) is 5.13 Å². The molecule has 0 aliphatic carbocycles. The third-order valence-corrected chi connectivity index (χ3v) is 3.24. The van der Waals surface area contributed by atoms with E-state index < -0.39 is 0 Å². The summed E-state index contributed by atoms with van der Waals surface area (Å²) < 4.78 is 5.51. The molecule has 0 spiro atoms. The zero-order valence-electron chi connectivity index (χ0n) is 11.0. The van der Waals surface area contributed by atoms with Crippen molar-refractivity contribution in [2.24, 2.45) is 0 Å². The Morgan fingerprint density at radius 3 is 3.00 bits per heavy atom. The molecule has 1 amide bonds. The van der Waals surface area contributed by atoms with Crippen LogP contribution in [0.4, 0.5) is 5.13 Å². The van der Waals surface area contributed by atoms with E-state index >= 15 is 0 Å². The van der Waals surface area contributed by atoms with Crippen LogP contribution < -0.4 is 10.1 Å². The fraction of sp³-hybridized carbons (Fsp3) is 0.286. The second-order valence-corrected chi connectivity index (χ2v) is 5.34. The number of carbonyl (C=O) groups excluding carboxylic acids is 1. The summed E-state index contributed by atoms with van der Waals surface area (Å²) in [5, 5.41) is 3.39. The number of aryl methyl sites for hydroxylation is 1. The molecule has 1 aromatic heterocycles. The lowest BCUT2D eigenvalue weighted by atomic mass is 10.2. The molecule has 0 saturated carbocycles. The first kappa shape index (κ1) is 13.5. The van der Waals surface area contributed by atoms with E-state index in [1.54, 1.807) is 18.3 Å². The van der Waals surface area contributed by atoms with Gasteiger partial charge in [0.05, 0.1) is 6.61 Å². The largest absolute Gasteiger partial charge is 0.494 e. The number of nitrogens with zero attached hydrogens (tertiary/aromatic N) is 1. The van der Waals surface area contributed by atoms with Crippen molar-refractivity contribution < 1.29 is 9.53 Å². The van der Waals surface area contributed by atoms with Crippen molar-refractivity contribution in [2.75, 3.05) is 11.9 Å². The maximum atomic E-state index is 12.0. The number of hydrogen-bond donors (Lipinski definition) is 1. The van der Waals surface area contributed by atoms with E-state index in [1.165, 1.54) is 11.3 Å². The highest BCUT2D eigenvalue weighted by atomic mass is 32.1. The predicted octanol–water partition coefficient (Wildman–Crippen LogP) is 3.49. The van der Waals surface area contributed by atoms with Crippen LogP contribution in [0.3, 0.4) is 0 Å². The first-order valence-electron chi connectivity index (χ1n) is 6.15. The summed E-state index contributed by atoms with van der Waals surface area (Å²) in [7, 11) is 0. The van der Waals surface area contributed by atoms with Crippen LogP contribution in [-0.4, -0.2) is 17.5 Å². The Bertz CT molecular complexity index is 566. The van der Waals surface area contributed by atoms with Crippen LogP contribution in [0.5, 0.6) is 5.75 Å². The quantitative estimate of drug-likeness (QED) is 0.909. The molecule has 0 radical (unpaired) electrons. The van der Waals surface area contributed by atoms with Gasteiger partial charge in [-0.15, -0.1) is 11.3 Å². The molecular formula is C14H16N2O2S. The highest BCUT2D eigenvalue weighted by Crippen LogP contribution is 2.19. The van der Waals surface area contributed by atoms with E-state index in [0.29, 0.717) is 23.1 Å². The van der Waals surface area contributed by atoms with E-state index in [1.807, 2.05) is 26.0 Å². The molecule has 5 heteroatoms. The first-order valence-corrected chi connectivity index (χ1v) is 6.97. The van der Waals surface area contributed by atoms with E-state index in [9.17, 15) is 4.79 Å². The SMILES string of the molecule is CCCOc1cccc(C(=O)Nc2ncc(C)s2)c1. The summed E-state index contributed by atoms with van der Waals surface area (Å²) >= 11 is 1.45. The van der Waals surface area contributed by atoms with E-state index in [4.69, 9.17) is 4.74 Å². The zero-order valence-corrected chi connectivity index (χ0v) is 11.8. The molecule has 0 unspecified atom stereocenters. The Balaban J connectivity index is 2.06. The molecule has 2 aromatic rings. The molecule has 0 atom stereocenters. The Labute approximate surface area is 116 Å². The molecule has 0 aliphatic rings. The number of thiazole rings is 1. The van der Waals surface area contributed by atoms with E-state index in [0.717, 1.165) is 11.3 Å². The number of carbonyl (C=O) groups is 1. The molecule has 0 bridgehead atoms. The number of hydrogen-bond acceptors (Lipinski definition) is 4. The molecule has 1 heterocycles. The van der Waals surface area contributed by atoms with Gasteiger partial charge in [-0.2, -0.15) is 0 Å². The van der Waals surface area contributed by atoms with Gasteiger partial charge in [0.1, 0.15) is 5.75 Å². The molecule has 100 valence electrons. The maximum absolute atomic E-state index is 12.0. The van der Waals surface area contributed by atoms with Crippen LogP contribution >= 0.6 is 11.3 Å². The maximum Gasteiger partial charge on any atom is 0.257 e. The second-order valence-electron chi connectivity index (χ2n) is 4.11. The second kappa shape index (κ2) is 6.33. The van der Waals surface area contributed by atoms with Gasteiger partial charge in [-0.3, -0.25) is 10.1 Å². The van der Waals surface area contributed by atoms with E-state index in [2.05, 4.69) is 10.3 Å². The van der Waals surface area contributed by atoms with E-state index in [-0.39, 0.29) is 5.91 Å². The van der Waals surface area contributed by atoms with Gasteiger partial charge < -0.3 is 4.74 Å². The molecule has 2 rings (SSSR count). The Hall–Kier alpha value is -1.88. The minimum atomic E-state index is -0.170. The highest BCUT2D eigenvalue weighted by molar-refractivity contribution is 7.15. The van der Waals surface area contributed by atoms with Crippen molar-refractivity contribution in [3.05, 3.63) is 40.9 Å².